The van der Waals surface area contributed by atoms with Gasteiger partial charge in [-0.25, -0.2) is 0 Å². The van der Waals surface area contributed by atoms with Crippen LogP contribution in [0.3, 0.4) is 0 Å². The van der Waals surface area contributed by atoms with Gasteiger partial charge in [-0.05, 0) is 17.2 Å². The zero-order chi connectivity index (χ0) is 17.8. The number of carbonyl (C=O) groups excluding carboxylic acids is 1. The Balaban J connectivity index is 1.45. The average molecular weight is 351 g/mol. The fourth-order valence-electron chi connectivity index (χ4n) is 4.10. The van der Waals surface area contributed by atoms with Crippen LogP contribution >= 0.6 is 0 Å². The number of rotatable bonds is 4. The maximum Gasteiger partial charge on any atom is 0.223 e. The monoisotopic (exact) mass is 351 g/mol. The van der Waals surface area contributed by atoms with Crippen LogP contribution in [0.25, 0.3) is 0 Å². The molecule has 2 aliphatic rings. The van der Waals surface area contributed by atoms with Gasteiger partial charge >= 0.3 is 0 Å². The SMILES string of the molecule is O=C1CC2(COCCN(Cc3cccnc3)C2)CN1Cc1ccccc1. The lowest BCUT2D eigenvalue weighted by Crippen LogP contribution is -2.40. The van der Waals surface area contributed by atoms with Gasteiger partial charge < -0.3 is 9.64 Å². The second kappa shape index (κ2) is 7.56. The number of hydrogen-bond donors (Lipinski definition) is 0. The molecule has 1 aromatic carbocycles. The van der Waals surface area contributed by atoms with Gasteiger partial charge in [0.15, 0.2) is 0 Å². The summed E-state index contributed by atoms with van der Waals surface area (Å²) >= 11 is 0. The smallest absolute Gasteiger partial charge is 0.223 e. The molecule has 0 aliphatic carbocycles. The maximum atomic E-state index is 12.7. The summed E-state index contributed by atoms with van der Waals surface area (Å²) in [6.07, 6.45) is 4.29. The van der Waals surface area contributed by atoms with E-state index in [1.165, 1.54) is 11.1 Å². The van der Waals surface area contributed by atoms with Crippen LogP contribution in [0, 0.1) is 5.41 Å². The lowest BCUT2D eigenvalue weighted by atomic mass is 9.87. The molecule has 1 aromatic heterocycles. The summed E-state index contributed by atoms with van der Waals surface area (Å²) in [5, 5.41) is 0. The van der Waals surface area contributed by atoms with E-state index >= 15 is 0 Å². The Morgan fingerprint density at radius 1 is 1.04 bits per heavy atom. The first kappa shape index (κ1) is 17.2. The van der Waals surface area contributed by atoms with Crippen LogP contribution in [-0.4, -0.2) is 53.5 Å². The first-order chi connectivity index (χ1) is 12.7. The third-order valence-corrected chi connectivity index (χ3v) is 5.27. The Morgan fingerprint density at radius 2 is 1.88 bits per heavy atom. The Labute approximate surface area is 154 Å². The van der Waals surface area contributed by atoms with Gasteiger partial charge in [0.05, 0.1) is 13.2 Å². The molecule has 1 atom stereocenters. The molecule has 0 N–H and O–H groups in total. The molecule has 2 aliphatic heterocycles. The summed E-state index contributed by atoms with van der Waals surface area (Å²) in [7, 11) is 0. The summed E-state index contributed by atoms with van der Waals surface area (Å²) in [6, 6.07) is 14.3. The molecule has 1 unspecified atom stereocenters. The topological polar surface area (TPSA) is 45.7 Å². The number of carbonyl (C=O) groups is 1. The molecule has 3 heterocycles. The predicted octanol–water partition coefficient (Wildman–Crippen LogP) is 2.33. The van der Waals surface area contributed by atoms with Gasteiger partial charge in [-0.1, -0.05) is 36.4 Å². The van der Waals surface area contributed by atoms with Crippen molar-refractivity contribution in [2.75, 3.05) is 32.8 Å². The van der Waals surface area contributed by atoms with Crippen molar-refractivity contribution in [2.24, 2.45) is 5.41 Å². The van der Waals surface area contributed by atoms with Gasteiger partial charge in [0.2, 0.25) is 5.91 Å². The molecule has 2 aromatic rings. The lowest BCUT2D eigenvalue weighted by Gasteiger charge is -2.31. The number of amides is 1. The quantitative estimate of drug-likeness (QED) is 0.848. The van der Waals surface area contributed by atoms with Crippen molar-refractivity contribution in [3.8, 4) is 0 Å². The Morgan fingerprint density at radius 3 is 2.69 bits per heavy atom. The van der Waals surface area contributed by atoms with Crippen LogP contribution < -0.4 is 0 Å². The second-order valence-corrected chi connectivity index (χ2v) is 7.54. The molecule has 2 saturated heterocycles. The zero-order valence-corrected chi connectivity index (χ0v) is 15.0. The van der Waals surface area contributed by atoms with E-state index in [1.54, 1.807) is 6.20 Å². The number of benzene rings is 1. The maximum absolute atomic E-state index is 12.7. The van der Waals surface area contributed by atoms with Crippen molar-refractivity contribution in [3.05, 3.63) is 66.0 Å². The molecule has 5 nitrogen and oxygen atoms in total. The van der Waals surface area contributed by atoms with E-state index in [4.69, 9.17) is 4.74 Å². The molecule has 1 amide bonds. The minimum atomic E-state index is -0.107. The van der Waals surface area contributed by atoms with Gasteiger partial charge in [-0.15, -0.1) is 0 Å². The Bertz CT molecular complexity index is 737. The summed E-state index contributed by atoms with van der Waals surface area (Å²) in [5.41, 5.74) is 2.28. The summed E-state index contributed by atoms with van der Waals surface area (Å²) in [4.78, 5) is 21.3. The summed E-state index contributed by atoms with van der Waals surface area (Å²) in [5.74, 6) is 0.237. The van der Waals surface area contributed by atoms with Crippen molar-refractivity contribution < 1.29 is 9.53 Å². The first-order valence-corrected chi connectivity index (χ1v) is 9.23. The minimum absolute atomic E-state index is 0.107. The molecule has 136 valence electrons. The fourth-order valence-corrected chi connectivity index (χ4v) is 4.10. The van der Waals surface area contributed by atoms with E-state index in [9.17, 15) is 4.79 Å². The van der Waals surface area contributed by atoms with Gasteiger partial charge in [0.1, 0.15) is 0 Å². The van der Waals surface area contributed by atoms with E-state index in [0.29, 0.717) is 19.6 Å². The second-order valence-electron chi connectivity index (χ2n) is 7.54. The Hall–Kier alpha value is -2.24. The molecule has 0 radical (unpaired) electrons. The fraction of sp³-hybridized carbons (Fsp3) is 0.429. The van der Waals surface area contributed by atoms with Crippen LogP contribution in [0.1, 0.15) is 17.5 Å². The van der Waals surface area contributed by atoms with E-state index in [-0.39, 0.29) is 11.3 Å². The van der Waals surface area contributed by atoms with Gasteiger partial charge in [-0.2, -0.15) is 0 Å². The third-order valence-electron chi connectivity index (χ3n) is 5.27. The molecule has 1 spiro atoms. The highest BCUT2D eigenvalue weighted by Gasteiger charge is 2.45. The first-order valence-electron chi connectivity index (χ1n) is 9.23. The summed E-state index contributed by atoms with van der Waals surface area (Å²) < 4.78 is 5.91. The highest BCUT2D eigenvalue weighted by Crippen LogP contribution is 2.35. The van der Waals surface area contributed by atoms with Gasteiger partial charge in [0.25, 0.3) is 0 Å². The van der Waals surface area contributed by atoms with Crippen molar-refractivity contribution in [2.45, 2.75) is 19.5 Å². The normalized spacial score (nSPS) is 24.2. The van der Waals surface area contributed by atoms with Gasteiger partial charge in [0, 0.05) is 57.0 Å². The highest BCUT2D eigenvalue weighted by atomic mass is 16.5. The van der Waals surface area contributed by atoms with Crippen molar-refractivity contribution >= 4 is 5.91 Å². The van der Waals surface area contributed by atoms with Crippen LogP contribution in [0.2, 0.25) is 0 Å². The standard InChI is InChI=1S/C21H25N3O2/c25-20-11-21(16-24(20)14-18-5-2-1-3-6-18)15-23(9-10-26-17-21)13-19-7-4-8-22-12-19/h1-8,12H,9-11,13-17H2. The van der Waals surface area contributed by atoms with Crippen LogP contribution in [0.15, 0.2) is 54.9 Å². The number of pyridine rings is 1. The molecular weight excluding hydrogens is 326 g/mol. The predicted molar refractivity (Wildman–Crippen MR) is 99.2 cm³/mol. The lowest BCUT2D eigenvalue weighted by molar-refractivity contribution is -0.128. The van der Waals surface area contributed by atoms with Crippen molar-refractivity contribution in [1.29, 1.82) is 0 Å². The molecule has 4 rings (SSSR count). The van der Waals surface area contributed by atoms with Crippen LogP contribution in [-0.2, 0) is 22.6 Å². The molecule has 26 heavy (non-hydrogen) atoms. The average Bonchev–Trinajstić information content (AvgIpc) is 2.83. The number of hydrogen-bond acceptors (Lipinski definition) is 4. The molecule has 0 saturated carbocycles. The van der Waals surface area contributed by atoms with E-state index in [2.05, 4.69) is 28.1 Å². The molecular formula is C21H25N3O2. The van der Waals surface area contributed by atoms with Crippen molar-refractivity contribution in [1.82, 2.24) is 14.8 Å². The number of aromatic nitrogens is 1. The minimum Gasteiger partial charge on any atom is -0.379 e. The third kappa shape index (κ3) is 3.94. The van der Waals surface area contributed by atoms with Gasteiger partial charge in [-0.3, -0.25) is 14.7 Å². The number of nitrogens with zero attached hydrogens (tertiary/aromatic N) is 3. The highest BCUT2D eigenvalue weighted by molar-refractivity contribution is 5.79. The van der Waals surface area contributed by atoms with E-state index < -0.39 is 0 Å². The molecule has 5 heteroatoms. The van der Waals surface area contributed by atoms with E-state index in [1.807, 2.05) is 35.4 Å². The Kier molecular flexibility index (Phi) is 5.00. The zero-order valence-electron chi connectivity index (χ0n) is 15.0. The molecule has 2 fully saturated rings. The largest absolute Gasteiger partial charge is 0.379 e. The summed E-state index contributed by atoms with van der Waals surface area (Å²) in [6.45, 7) is 5.46. The van der Waals surface area contributed by atoms with E-state index in [0.717, 1.165) is 32.8 Å². The van der Waals surface area contributed by atoms with Crippen LogP contribution in [0.4, 0.5) is 0 Å². The van der Waals surface area contributed by atoms with Crippen molar-refractivity contribution in [3.63, 3.8) is 0 Å². The van der Waals surface area contributed by atoms with Crippen LogP contribution in [0.5, 0.6) is 0 Å². The number of ether oxygens (including phenoxy) is 1. The number of likely N-dealkylation sites (tertiary alicyclic amines) is 1. The molecule has 0 bridgehead atoms.